The van der Waals surface area contributed by atoms with Crippen molar-refractivity contribution in [2.75, 3.05) is 7.11 Å². The smallest absolute Gasteiger partial charge is 0.342 e. The number of ether oxygens (including phenoxy) is 4. The molecule has 1 aliphatic carbocycles. The lowest BCUT2D eigenvalue weighted by Crippen LogP contribution is -2.59. The van der Waals surface area contributed by atoms with Gasteiger partial charge < -0.3 is 49.6 Å². The fourth-order valence-electron chi connectivity index (χ4n) is 5.66. The van der Waals surface area contributed by atoms with Crippen LogP contribution in [0, 0.1) is 0 Å². The highest BCUT2D eigenvalue weighted by Crippen LogP contribution is 2.60. The van der Waals surface area contributed by atoms with Gasteiger partial charge in [0.25, 0.3) is 0 Å². The maximum absolute atomic E-state index is 12.9. The summed E-state index contributed by atoms with van der Waals surface area (Å²) >= 11 is 0. The van der Waals surface area contributed by atoms with E-state index < -0.39 is 106 Å². The topological polar surface area (TPSA) is 210 Å². The van der Waals surface area contributed by atoms with Crippen LogP contribution in [-0.2, 0) is 15.9 Å². The van der Waals surface area contributed by atoms with Crippen molar-refractivity contribution >= 4 is 17.5 Å². The van der Waals surface area contributed by atoms with Gasteiger partial charge >= 0.3 is 11.8 Å². The third kappa shape index (κ3) is 2.86. The number of fused-ring (bicyclic) bond motifs is 4. The van der Waals surface area contributed by atoms with E-state index in [0.29, 0.717) is 5.56 Å². The second-order valence-corrected chi connectivity index (χ2v) is 9.72. The molecule has 2 aromatic carbocycles. The number of phenols is 3. The summed E-state index contributed by atoms with van der Waals surface area (Å²) in [6, 6.07) is 1.35. The van der Waals surface area contributed by atoms with Gasteiger partial charge in [-0.05, 0) is 18.6 Å². The highest BCUT2D eigenvalue weighted by molar-refractivity contribution is 6.19. The Morgan fingerprint density at radius 1 is 0.921 bits per heavy atom. The number of carbonyl (C=O) groups excluding carboxylic acids is 3. The molecular formula is C25H22O13. The first-order valence-corrected chi connectivity index (χ1v) is 11.7. The van der Waals surface area contributed by atoms with E-state index in [4.69, 9.17) is 18.9 Å². The lowest BCUT2D eigenvalue weighted by molar-refractivity contribution is -0.260. The number of hydrogen-bond donors (Lipinski definition) is 6. The van der Waals surface area contributed by atoms with Crippen LogP contribution in [0.25, 0.3) is 0 Å². The normalized spacial score (nSPS) is 31.1. The zero-order chi connectivity index (χ0) is 27.4. The molecule has 13 heteroatoms. The number of hydrogen-bond acceptors (Lipinski definition) is 13. The number of aliphatic hydroxyl groups is 3. The summed E-state index contributed by atoms with van der Waals surface area (Å²) in [5.74, 6) is -8.90. The summed E-state index contributed by atoms with van der Waals surface area (Å²) in [6.07, 6.45) is -8.08. The minimum absolute atomic E-state index is 0.117. The molecule has 0 amide bonds. The molecule has 0 fully saturated rings. The van der Waals surface area contributed by atoms with Crippen LogP contribution in [-0.4, -0.2) is 79.4 Å². The molecule has 0 aromatic heterocycles. The molecule has 1 spiro atoms. The second-order valence-electron chi connectivity index (χ2n) is 9.72. The number of aliphatic hydroxyl groups excluding tert-OH is 3. The van der Waals surface area contributed by atoms with Crippen LogP contribution < -0.4 is 9.47 Å². The molecular weight excluding hydrogens is 508 g/mol. The van der Waals surface area contributed by atoms with Gasteiger partial charge in [-0.3, -0.25) is 9.59 Å². The average Bonchev–Trinajstić information content (AvgIpc) is 3.16. The number of phenolic OH excluding ortho intramolecular Hbond substituents is 3. The van der Waals surface area contributed by atoms with Crippen LogP contribution >= 0.6 is 0 Å². The van der Waals surface area contributed by atoms with Gasteiger partial charge in [-0.25, -0.2) is 4.79 Å². The summed E-state index contributed by atoms with van der Waals surface area (Å²) in [5.41, 5.74) is -1.78. The molecule has 3 heterocycles. The van der Waals surface area contributed by atoms with Crippen molar-refractivity contribution < 1.29 is 64.0 Å². The number of benzene rings is 2. The summed E-state index contributed by atoms with van der Waals surface area (Å²) in [5, 5.41) is 66.2. The monoisotopic (exact) mass is 530 g/mol. The molecule has 0 bridgehead atoms. The van der Waals surface area contributed by atoms with Crippen molar-refractivity contribution in [1.29, 1.82) is 0 Å². The highest BCUT2D eigenvalue weighted by atomic mass is 16.7. The predicted octanol–water partition coefficient (Wildman–Crippen LogP) is 0.298. The van der Waals surface area contributed by atoms with Crippen molar-refractivity contribution in [3.05, 3.63) is 39.4 Å². The first-order chi connectivity index (χ1) is 17.9. The maximum Gasteiger partial charge on any atom is 0.342 e. The molecule has 3 aliphatic heterocycles. The lowest BCUT2D eigenvalue weighted by atomic mass is 9.82. The Morgan fingerprint density at radius 2 is 1.58 bits per heavy atom. The van der Waals surface area contributed by atoms with Crippen LogP contribution in [0.4, 0.5) is 0 Å². The quantitative estimate of drug-likeness (QED) is 0.217. The summed E-state index contributed by atoms with van der Waals surface area (Å²) in [4.78, 5) is 38.1. The fourth-order valence-corrected chi connectivity index (χ4v) is 5.66. The molecule has 6 N–H and O–H groups in total. The van der Waals surface area contributed by atoms with E-state index in [0.717, 1.165) is 0 Å². The van der Waals surface area contributed by atoms with E-state index in [1.807, 2.05) is 0 Å². The molecule has 38 heavy (non-hydrogen) atoms. The number of esters is 1. The predicted molar refractivity (Wildman–Crippen MR) is 120 cm³/mol. The molecule has 200 valence electrons. The summed E-state index contributed by atoms with van der Waals surface area (Å²) in [7, 11) is 1.19. The molecule has 6 atom stereocenters. The summed E-state index contributed by atoms with van der Waals surface area (Å²) < 4.78 is 21.5. The van der Waals surface area contributed by atoms with Crippen LogP contribution in [0.15, 0.2) is 6.07 Å². The van der Waals surface area contributed by atoms with Gasteiger partial charge in [0.15, 0.2) is 46.8 Å². The van der Waals surface area contributed by atoms with E-state index in [1.54, 1.807) is 6.92 Å². The van der Waals surface area contributed by atoms with Gasteiger partial charge in [0.1, 0.15) is 29.6 Å². The molecule has 13 nitrogen and oxygen atoms in total. The van der Waals surface area contributed by atoms with Gasteiger partial charge in [0, 0.05) is 25.5 Å². The van der Waals surface area contributed by atoms with Crippen molar-refractivity contribution in [2.45, 2.75) is 56.1 Å². The highest BCUT2D eigenvalue weighted by Gasteiger charge is 2.64. The molecule has 6 rings (SSSR count). The van der Waals surface area contributed by atoms with Crippen molar-refractivity contribution in [3.8, 4) is 28.7 Å². The Bertz CT molecular complexity index is 1460. The Balaban J connectivity index is 1.52. The fraction of sp³-hybridized carbons (Fsp3) is 0.400. The van der Waals surface area contributed by atoms with Crippen LogP contribution in [0.5, 0.6) is 28.7 Å². The minimum atomic E-state index is -2.68. The van der Waals surface area contributed by atoms with Crippen molar-refractivity contribution in [3.63, 3.8) is 0 Å². The Hall–Kier alpha value is -3.91. The number of carbonyl (C=O) groups is 3. The first-order valence-electron chi connectivity index (χ1n) is 11.7. The van der Waals surface area contributed by atoms with E-state index in [1.165, 1.54) is 13.2 Å². The Labute approximate surface area is 213 Å². The Morgan fingerprint density at radius 3 is 2.26 bits per heavy atom. The molecule has 2 aromatic rings. The van der Waals surface area contributed by atoms with E-state index in [9.17, 15) is 45.0 Å². The standard InChI is InChI=1S/C25H22O13/c1-6-3-7-4-8-15(27)23(33)25(37-20(8)18(30)11(7)24(34)36-6)22(32)14-17(29)12-9(26)5-10(35-2)16(28)13(12)19(31)21(14)38-25/h4,6,10,15,22-23,27,29-33H,3,5H2,1-2H3/t6?,10?,15-,22?,23+,25+/m1/s1. The number of Topliss-reactive ketones (excluding diaryl/α,β-unsaturated/α-hetero) is 2. The van der Waals surface area contributed by atoms with E-state index >= 15 is 0 Å². The van der Waals surface area contributed by atoms with E-state index in [-0.39, 0.29) is 17.5 Å². The number of rotatable bonds is 1. The van der Waals surface area contributed by atoms with Gasteiger partial charge in [0.05, 0.1) is 16.7 Å². The SMILES string of the molecule is COC1CC(=O)c2c(O)c3c(c(O)c2C1=O)O[C@@]1(Oc2c(cc4c(c2O)C(=O)OC(C)C4)[C@@H](O)[C@@H]1O)C3O. The largest absolute Gasteiger partial charge is 0.507 e. The zero-order valence-electron chi connectivity index (χ0n) is 19.9. The van der Waals surface area contributed by atoms with Gasteiger partial charge in [-0.2, -0.15) is 0 Å². The lowest BCUT2D eigenvalue weighted by Gasteiger charge is -2.43. The molecule has 0 saturated carbocycles. The zero-order valence-corrected chi connectivity index (χ0v) is 19.9. The van der Waals surface area contributed by atoms with Crippen molar-refractivity contribution in [2.24, 2.45) is 0 Å². The van der Waals surface area contributed by atoms with Gasteiger partial charge in [-0.15, -0.1) is 0 Å². The molecule has 3 unspecified atom stereocenters. The third-order valence-electron chi connectivity index (χ3n) is 7.50. The van der Waals surface area contributed by atoms with Crippen LogP contribution in [0.1, 0.15) is 73.3 Å². The van der Waals surface area contributed by atoms with Crippen LogP contribution in [0.3, 0.4) is 0 Å². The first kappa shape index (κ1) is 24.4. The molecule has 0 saturated heterocycles. The average molecular weight is 530 g/mol. The minimum Gasteiger partial charge on any atom is -0.507 e. The van der Waals surface area contributed by atoms with Crippen molar-refractivity contribution in [1.82, 2.24) is 0 Å². The van der Waals surface area contributed by atoms with Crippen LogP contribution in [0.2, 0.25) is 0 Å². The molecule has 0 radical (unpaired) electrons. The third-order valence-corrected chi connectivity index (χ3v) is 7.50. The number of ketones is 2. The van der Waals surface area contributed by atoms with Gasteiger partial charge in [0.2, 0.25) is 0 Å². The number of methoxy groups -OCH3 is 1. The maximum atomic E-state index is 12.9. The Kier molecular flexibility index (Phi) is 5.01. The second kappa shape index (κ2) is 7.80. The number of cyclic esters (lactones) is 1. The van der Waals surface area contributed by atoms with E-state index in [2.05, 4.69) is 0 Å². The molecule has 4 aliphatic rings. The van der Waals surface area contributed by atoms with Gasteiger partial charge in [-0.1, -0.05) is 0 Å². The number of aromatic hydroxyl groups is 3. The summed E-state index contributed by atoms with van der Waals surface area (Å²) in [6.45, 7) is 1.64.